The Morgan fingerprint density at radius 1 is 0.500 bits per heavy atom. The predicted molar refractivity (Wildman–Crippen MR) is 179 cm³/mol. The zero-order valence-corrected chi connectivity index (χ0v) is 27.0. The normalized spacial score (nSPS) is 14.1. The molecular formula is C36H20Br2N4O4. The summed E-state index contributed by atoms with van der Waals surface area (Å²) in [6.07, 6.45) is 3.22. The van der Waals surface area contributed by atoms with Crippen LogP contribution in [0.4, 0.5) is 0 Å². The number of aromatic nitrogens is 2. The van der Waals surface area contributed by atoms with E-state index in [1.54, 1.807) is 60.9 Å². The van der Waals surface area contributed by atoms with E-state index in [2.05, 4.69) is 41.8 Å². The molecule has 0 atom stereocenters. The summed E-state index contributed by atoms with van der Waals surface area (Å²) in [7, 11) is 0. The zero-order chi connectivity index (χ0) is 31.7. The highest BCUT2D eigenvalue weighted by atomic mass is 79.9. The lowest BCUT2D eigenvalue weighted by atomic mass is 9.93. The van der Waals surface area contributed by atoms with Gasteiger partial charge in [-0.2, -0.15) is 0 Å². The van der Waals surface area contributed by atoms with Crippen LogP contribution in [0.25, 0.3) is 32.9 Å². The Morgan fingerprint density at radius 2 is 0.891 bits per heavy atom. The maximum atomic E-state index is 13.5. The van der Waals surface area contributed by atoms with Gasteiger partial charge in [-0.3, -0.25) is 38.9 Å². The van der Waals surface area contributed by atoms with Gasteiger partial charge in [0.25, 0.3) is 23.6 Å². The number of pyridine rings is 2. The van der Waals surface area contributed by atoms with Crippen molar-refractivity contribution in [3.05, 3.63) is 140 Å². The van der Waals surface area contributed by atoms with Crippen LogP contribution in [0.15, 0.2) is 106 Å². The van der Waals surface area contributed by atoms with E-state index in [9.17, 15) is 19.2 Å². The third-order valence-electron chi connectivity index (χ3n) is 8.47. The van der Waals surface area contributed by atoms with Gasteiger partial charge in [0.15, 0.2) is 0 Å². The Kier molecular flexibility index (Phi) is 6.66. The minimum atomic E-state index is -0.361. The molecule has 0 bridgehead atoms. The van der Waals surface area contributed by atoms with Crippen molar-refractivity contribution < 1.29 is 19.2 Å². The van der Waals surface area contributed by atoms with Crippen molar-refractivity contribution >= 4 is 77.0 Å². The molecule has 4 amide bonds. The highest BCUT2D eigenvalue weighted by Gasteiger charge is 2.34. The van der Waals surface area contributed by atoms with Crippen molar-refractivity contribution in [3.63, 3.8) is 0 Å². The Morgan fingerprint density at radius 3 is 1.30 bits per heavy atom. The molecule has 0 N–H and O–H groups in total. The number of benzene rings is 4. The zero-order valence-electron chi connectivity index (χ0n) is 23.8. The summed E-state index contributed by atoms with van der Waals surface area (Å²) in [6, 6.07) is 25.1. The van der Waals surface area contributed by atoms with Gasteiger partial charge in [-0.05, 0) is 82.6 Å². The summed E-state index contributed by atoms with van der Waals surface area (Å²) >= 11 is 7.05. The average molecular weight is 732 g/mol. The summed E-state index contributed by atoms with van der Waals surface area (Å²) < 4.78 is 1.64. The molecule has 222 valence electrons. The van der Waals surface area contributed by atoms with Crippen LogP contribution < -0.4 is 0 Å². The molecule has 0 aliphatic carbocycles. The molecule has 2 aliphatic heterocycles. The van der Waals surface area contributed by atoms with Gasteiger partial charge in [-0.1, -0.05) is 56.1 Å². The first-order chi connectivity index (χ1) is 22.3. The highest BCUT2D eigenvalue weighted by Crippen LogP contribution is 2.36. The Bertz CT molecular complexity index is 2150. The topological polar surface area (TPSA) is 101 Å². The van der Waals surface area contributed by atoms with Crippen molar-refractivity contribution in [2.24, 2.45) is 0 Å². The largest absolute Gasteiger partial charge is 0.270 e. The number of nitrogens with zero attached hydrogens (tertiary/aromatic N) is 4. The third-order valence-corrected chi connectivity index (χ3v) is 9.85. The summed E-state index contributed by atoms with van der Waals surface area (Å²) in [5, 5.41) is 2.93. The molecule has 10 heteroatoms. The number of carbonyl (C=O) groups is 4. The average Bonchev–Trinajstić information content (AvgIpc) is 3.08. The molecule has 8 nitrogen and oxygen atoms in total. The lowest BCUT2D eigenvalue weighted by Crippen LogP contribution is -2.39. The Hall–Kier alpha value is -5.06. The lowest BCUT2D eigenvalue weighted by molar-refractivity contribution is 0.0583. The molecule has 2 aromatic heterocycles. The van der Waals surface area contributed by atoms with Crippen LogP contribution in [0.1, 0.15) is 52.6 Å². The third kappa shape index (κ3) is 4.39. The van der Waals surface area contributed by atoms with Crippen molar-refractivity contribution in [1.29, 1.82) is 0 Å². The van der Waals surface area contributed by atoms with Crippen LogP contribution >= 0.6 is 31.9 Å². The second kappa shape index (κ2) is 10.8. The molecule has 0 spiro atoms. The second-order valence-electron chi connectivity index (χ2n) is 11.1. The van der Waals surface area contributed by atoms with Crippen LogP contribution in [0.3, 0.4) is 0 Å². The van der Waals surface area contributed by atoms with Gasteiger partial charge >= 0.3 is 0 Å². The van der Waals surface area contributed by atoms with Gasteiger partial charge in [-0.15, -0.1) is 0 Å². The fourth-order valence-corrected chi connectivity index (χ4v) is 7.22. The predicted octanol–water partition coefficient (Wildman–Crippen LogP) is 7.57. The quantitative estimate of drug-likeness (QED) is 0.170. The molecule has 46 heavy (non-hydrogen) atoms. The standard InChI is InChI=1S/C36H20Br2N4O4/c37-27-9-7-25-31-21(27)3-1-5-23(31)33(43)41(35(25)45)17-19-11-13-39-29(15-19)30-16-20(12-14-40-30)18-42-34(44)24-6-2-4-22-28(38)10-8-26(32(22)24)36(42)46/h1-16H,17-18H2. The number of hydrogen-bond donors (Lipinski definition) is 0. The van der Waals surface area contributed by atoms with E-state index in [0.717, 1.165) is 19.7 Å². The van der Waals surface area contributed by atoms with E-state index >= 15 is 0 Å². The molecule has 4 heterocycles. The molecule has 0 saturated carbocycles. The molecule has 0 fully saturated rings. The van der Waals surface area contributed by atoms with Crippen molar-refractivity contribution in [2.45, 2.75) is 13.1 Å². The number of rotatable bonds is 5. The van der Waals surface area contributed by atoms with E-state index in [1.807, 2.05) is 36.4 Å². The molecule has 8 rings (SSSR count). The molecule has 6 aromatic rings. The first kappa shape index (κ1) is 28.4. The van der Waals surface area contributed by atoms with E-state index in [1.165, 1.54) is 9.80 Å². The summed E-state index contributed by atoms with van der Waals surface area (Å²) in [5.74, 6) is -1.44. The fraction of sp³-hybridized carbons (Fsp3) is 0.0556. The molecule has 2 aliphatic rings. The minimum Gasteiger partial charge on any atom is -0.270 e. The van der Waals surface area contributed by atoms with Crippen molar-refractivity contribution in [1.82, 2.24) is 19.8 Å². The highest BCUT2D eigenvalue weighted by molar-refractivity contribution is 9.11. The van der Waals surface area contributed by atoms with E-state index in [-0.39, 0.29) is 36.7 Å². The fourth-order valence-electron chi connectivity index (χ4n) is 6.30. The van der Waals surface area contributed by atoms with Gasteiger partial charge in [-0.25, -0.2) is 0 Å². The van der Waals surface area contributed by atoms with Crippen LogP contribution in [0.2, 0.25) is 0 Å². The number of imide groups is 2. The maximum absolute atomic E-state index is 13.5. The van der Waals surface area contributed by atoms with Crippen molar-refractivity contribution in [3.8, 4) is 11.4 Å². The van der Waals surface area contributed by atoms with Crippen LogP contribution in [0.5, 0.6) is 0 Å². The lowest BCUT2D eigenvalue weighted by Gasteiger charge is -2.27. The van der Waals surface area contributed by atoms with E-state index in [4.69, 9.17) is 0 Å². The SMILES string of the molecule is O=C1c2cccc3c(Br)ccc(c23)C(=O)N1Cc1ccnc(-c2cc(CN3C(=O)c4cccc5c(Br)ccc(c45)C3=O)ccn2)c1. The van der Waals surface area contributed by atoms with Gasteiger partial charge in [0.2, 0.25) is 0 Å². The maximum Gasteiger partial charge on any atom is 0.261 e. The number of carbonyl (C=O) groups excluding carboxylic acids is 4. The number of amides is 4. The molecule has 0 saturated heterocycles. The molecule has 0 unspecified atom stereocenters. The summed E-state index contributed by atoms with van der Waals surface area (Å²) in [5.41, 5.74) is 4.36. The van der Waals surface area contributed by atoms with E-state index < -0.39 is 0 Å². The summed E-state index contributed by atoms with van der Waals surface area (Å²) in [4.78, 5) is 65.6. The van der Waals surface area contributed by atoms with Crippen LogP contribution in [-0.4, -0.2) is 43.4 Å². The van der Waals surface area contributed by atoms with E-state index in [0.29, 0.717) is 55.5 Å². The number of hydrogen-bond acceptors (Lipinski definition) is 6. The smallest absolute Gasteiger partial charge is 0.261 e. The number of halogens is 2. The second-order valence-corrected chi connectivity index (χ2v) is 12.8. The Labute approximate surface area is 278 Å². The monoisotopic (exact) mass is 730 g/mol. The van der Waals surface area contributed by atoms with Crippen molar-refractivity contribution in [2.75, 3.05) is 0 Å². The van der Waals surface area contributed by atoms with Gasteiger partial charge < -0.3 is 0 Å². The van der Waals surface area contributed by atoms with Gasteiger partial charge in [0, 0.05) is 54.4 Å². The van der Waals surface area contributed by atoms with Crippen LogP contribution in [0, 0.1) is 0 Å². The first-order valence-corrected chi connectivity index (χ1v) is 15.9. The Balaban J connectivity index is 1.07. The first-order valence-electron chi connectivity index (χ1n) is 14.4. The minimum absolute atomic E-state index is 0.0522. The van der Waals surface area contributed by atoms with Gasteiger partial charge in [0.1, 0.15) is 0 Å². The van der Waals surface area contributed by atoms with Crippen LogP contribution in [-0.2, 0) is 13.1 Å². The van der Waals surface area contributed by atoms with Gasteiger partial charge in [0.05, 0.1) is 24.5 Å². The molecular weight excluding hydrogens is 712 g/mol. The molecule has 0 radical (unpaired) electrons. The molecule has 4 aromatic carbocycles. The summed E-state index contributed by atoms with van der Waals surface area (Å²) in [6.45, 7) is 0.104.